The van der Waals surface area contributed by atoms with Gasteiger partial charge in [0.25, 0.3) is 0 Å². The molecular weight excluding hydrogens is 656 g/mol. The number of carbonyl (C=O) groups is 5. The zero-order chi connectivity index (χ0) is 40.3. The van der Waals surface area contributed by atoms with Crippen LogP contribution in [0.25, 0.3) is 0 Å². The van der Waals surface area contributed by atoms with E-state index < -0.39 is 29.1 Å². The van der Waals surface area contributed by atoms with Crippen LogP contribution >= 0.6 is 0 Å². The third-order valence-electron chi connectivity index (χ3n) is 8.14. The highest BCUT2D eigenvalue weighted by atomic mass is 16.8. The lowest BCUT2D eigenvalue weighted by Crippen LogP contribution is -2.41. The normalized spacial score (nSPS) is 19.2. The Morgan fingerprint density at radius 2 is 1.06 bits per heavy atom. The molecule has 4 atom stereocenters. The summed E-state index contributed by atoms with van der Waals surface area (Å²) in [6.45, 7) is 31.4. The number of ether oxygens (including phenoxy) is 4. The molecule has 2 aliphatic rings. The van der Waals surface area contributed by atoms with Crippen LogP contribution in [0.2, 0.25) is 0 Å². The summed E-state index contributed by atoms with van der Waals surface area (Å²) in [5.41, 5.74) is 3.88. The van der Waals surface area contributed by atoms with Crippen molar-refractivity contribution in [1.82, 2.24) is 14.7 Å². The van der Waals surface area contributed by atoms with Gasteiger partial charge in [0.2, 0.25) is 11.8 Å². The van der Waals surface area contributed by atoms with Gasteiger partial charge in [-0.3, -0.25) is 14.4 Å². The molecule has 2 aliphatic heterocycles. The summed E-state index contributed by atoms with van der Waals surface area (Å²) >= 11 is 0. The van der Waals surface area contributed by atoms with Gasteiger partial charge in [0, 0.05) is 52.5 Å². The van der Waals surface area contributed by atoms with Gasteiger partial charge in [-0.1, -0.05) is 27.7 Å². The average molecular weight is 731 g/mol. The summed E-state index contributed by atoms with van der Waals surface area (Å²) in [4.78, 5) is 62.5. The molecule has 4 unspecified atom stereocenters. The largest absolute Gasteiger partial charge is 0.519 e. The molecule has 0 bridgehead atoms. The number of likely N-dealkylation sites (tertiary alicyclic amines) is 2. The van der Waals surface area contributed by atoms with E-state index in [1.54, 1.807) is 51.3 Å². The van der Waals surface area contributed by atoms with E-state index in [0.717, 1.165) is 25.9 Å². The highest BCUT2D eigenvalue weighted by Crippen LogP contribution is 2.28. The monoisotopic (exact) mass is 731 g/mol. The van der Waals surface area contributed by atoms with Gasteiger partial charge in [-0.25, -0.2) is 9.59 Å². The first-order valence-corrected chi connectivity index (χ1v) is 18.5. The third kappa shape index (κ3) is 26.5. The van der Waals surface area contributed by atoms with Crippen LogP contribution in [0.3, 0.4) is 0 Å². The summed E-state index contributed by atoms with van der Waals surface area (Å²) < 4.78 is 19.1. The average Bonchev–Trinajstić information content (AvgIpc) is 2.94. The Morgan fingerprint density at radius 1 is 0.706 bits per heavy atom. The van der Waals surface area contributed by atoms with Crippen LogP contribution < -0.4 is 5.73 Å². The zero-order valence-electron chi connectivity index (χ0n) is 35.0. The van der Waals surface area contributed by atoms with E-state index in [9.17, 15) is 24.0 Å². The van der Waals surface area contributed by atoms with Gasteiger partial charge in [-0.05, 0) is 119 Å². The van der Waals surface area contributed by atoms with E-state index in [2.05, 4.69) is 30.4 Å². The molecule has 0 aromatic heterocycles. The van der Waals surface area contributed by atoms with Crippen LogP contribution in [-0.2, 0) is 33.3 Å². The molecule has 0 radical (unpaired) electrons. The fourth-order valence-corrected chi connectivity index (χ4v) is 4.96. The Balaban J connectivity index is 0. The highest BCUT2D eigenvalue weighted by molar-refractivity contribution is 5.78. The first-order valence-electron chi connectivity index (χ1n) is 18.5. The standard InChI is InChI=1S/C14H25NO3.C10H18O5.C8H16N2O.C6H15N/c1-10(8-13(17)18-14(2,3)4)11-6-7-15(5)12(16)9-11;1-9(2,3)14-7(11)13-8(12)15-10(4,5)6;1-6(9)7-3-4-10(2)8(11)5-7;1-4-7(5-2)6-3/h10-11H,6-9H2,1-5H3;1-6H3;6-7H,3-5,9H2,1-2H3;4-6H2,1-3H3. The number of nitrogens with zero attached hydrogens (tertiary/aromatic N) is 3. The second kappa shape index (κ2) is 23.6. The van der Waals surface area contributed by atoms with Crippen molar-refractivity contribution in [3.8, 4) is 0 Å². The fourth-order valence-electron chi connectivity index (χ4n) is 4.96. The molecule has 0 aromatic carbocycles. The molecule has 0 spiro atoms. The van der Waals surface area contributed by atoms with E-state index in [1.165, 1.54) is 19.6 Å². The van der Waals surface area contributed by atoms with Crippen LogP contribution in [0.4, 0.5) is 9.59 Å². The number of nitrogens with two attached hydrogens (primary N) is 1. The minimum absolute atomic E-state index is 0.160. The molecule has 300 valence electrons. The molecule has 51 heavy (non-hydrogen) atoms. The molecule has 13 nitrogen and oxygen atoms in total. The number of rotatable bonds is 7. The van der Waals surface area contributed by atoms with Gasteiger partial charge >= 0.3 is 18.3 Å². The summed E-state index contributed by atoms with van der Waals surface area (Å²) in [5.74, 6) is 1.17. The SMILES string of the molecule is CC(C)(C)OC(=O)OC(=O)OC(C)(C)C.CC(CC(=O)OC(C)(C)C)C1CCN(C)C(=O)C1.CC(N)C1CCN(C)C(=O)C1.CCN(CC)CC. The molecule has 2 heterocycles. The Morgan fingerprint density at radius 3 is 1.35 bits per heavy atom. The number of hydrogen-bond acceptors (Lipinski definition) is 11. The number of esters is 1. The molecule has 2 saturated heterocycles. The van der Waals surface area contributed by atoms with Crippen molar-refractivity contribution >= 4 is 30.1 Å². The van der Waals surface area contributed by atoms with Gasteiger partial charge in [-0.2, -0.15) is 0 Å². The quantitative estimate of drug-likeness (QED) is 0.170. The highest BCUT2D eigenvalue weighted by Gasteiger charge is 2.30. The first-order chi connectivity index (χ1) is 23.1. The predicted octanol–water partition coefficient (Wildman–Crippen LogP) is 6.65. The van der Waals surface area contributed by atoms with Gasteiger partial charge < -0.3 is 39.4 Å². The van der Waals surface area contributed by atoms with Crippen LogP contribution in [0, 0.1) is 17.8 Å². The number of hydrogen-bond donors (Lipinski definition) is 1. The minimum atomic E-state index is -1.06. The van der Waals surface area contributed by atoms with Crippen LogP contribution in [0.15, 0.2) is 0 Å². The summed E-state index contributed by atoms with van der Waals surface area (Å²) in [6, 6.07) is 0.160. The third-order valence-corrected chi connectivity index (χ3v) is 8.14. The summed E-state index contributed by atoms with van der Waals surface area (Å²) in [6.07, 6.45) is 1.51. The number of amides is 2. The lowest BCUT2D eigenvalue weighted by molar-refractivity contribution is -0.157. The van der Waals surface area contributed by atoms with Crippen molar-refractivity contribution in [1.29, 1.82) is 0 Å². The van der Waals surface area contributed by atoms with Crippen LogP contribution in [0.1, 0.15) is 129 Å². The first kappa shape index (κ1) is 50.2. The predicted molar refractivity (Wildman–Crippen MR) is 201 cm³/mol. The second-order valence-corrected chi connectivity index (χ2v) is 16.4. The van der Waals surface area contributed by atoms with Crippen LogP contribution in [-0.4, -0.2) is 114 Å². The van der Waals surface area contributed by atoms with Gasteiger partial charge in [0.15, 0.2) is 0 Å². The Hall–Kier alpha value is -2.93. The molecule has 2 N–H and O–H groups in total. The van der Waals surface area contributed by atoms with Gasteiger partial charge in [0.1, 0.15) is 16.8 Å². The summed E-state index contributed by atoms with van der Waals surface area (Å²) in [5, 5.41) is 0. The lowest BCUT2D eigenvalue weighted by atomic mass is 9.83. The van der Waals surface area contributed by atoms with Crippen molar-refractivity contribution in [2.75, 3.05) is 46.8 Å². The fraction of sp³-hybridized carbons (Fsp3) is 0.868. The second-order valence-electron chi connectivity index (χ2n) is 16.4. The van der Waals surface area contributed by atoms with Crippen molar-refractivity contribution in [2.45, 2.75) is 152 Å². The maximum atomic E-state index is 11.7. The van der Waals surface area contributed by atoms with Crippen molar-refractivity contribution < 1.29 is 42.9 Å². The van der Waals surface area contributed by atoms with Crippen molar-refractivity contribution in [3.05, 3.63) is 0 Å². The van der Waals surface area contributed by atoms with Gasteiger partial charge in [0.05, 0.1) is 0 Å². The molecule has 2 fully saturated rings. The molecule has 0 aliphatic carbocycles. The molecule has 2 rings (SSSR count). The topological polar surface area (TPSA) is 158 Å². The maximum Gasteiger partial charge on any atom is 0.519 e. The van der Waals surface area contributed by atoms with E-state index in [-0.39, 0.29) is 29.7 Å². The van der Waals surface area contributed by atoms with E-state index in [0.29, 0.717) is 31.1 Å². The minimum Gasteiger partial charge on any atom is -0.460 e. The Bertz CT molecular complexity index is 1030. The van der Waals surface area contributed by atoms with E-state index in [4.69, 9.17) is 19.9 Å². The number of piperidine rings is 2. The van der Waals surface area contributed by atoms with Crippen LogP contribution in [0.5, 0.6) is 0 Å². The van der Waals surface area contributed by atoms with E-state index >= 15 is 0 Å². The summed E-state index contributed by atoms with van der Waals surface area (Å²) in [7, 11) is 3.68. The van der Waals surface area contributed by atoms with Crippen molar-refractivity contribution in [3.63, 3.8) is 0 Å². The molecular formula is C38H74N4O9. The lowest BCUT2D eigenvalue weighted by Gasteiger charge is -2.32. The molecule has 2 amide bonds. The van der Waals surface area contributed by atoms with Crippen molar-refractivity contribution in [2.24, 2.45) is 23.5 Å². The Kier molecular flexibility index (Phi) is 23.2. The Labute approximate surface area is 309 Å². The molecule has 0 saturated carbocycles. The smallest absolute Gasteiger partial charge is 0.460 e. The molecule has 13 heteroatoms. The number of carbonyl (C=O) groups excluding carboxylic acids is 5. The zero-order valence-corrected chi connectivity index (χ0v) is 35.0. The molecule has 0 aromatic rings. The van der Waals surface area contributed by atoms with E-state index in [1.807, 2.05) is 48.7 Å². The maximum absolute atomic E-state index is 11.7. The van der Waals surface area contributed by atoms with Gasteiger partial charge in [-0.15, -0.1) is 0 Å².